The van der Waals surface area contributed by atoms with E-state index in [-0.39, 0.29) is 0 Å². The monoisotopic (exact) mass is 393 g/mol. The number of hydrogen-bond acceptors (Lipinski definition) is 5. The van der Waals surface area contributed by atoms with Gasteiger partial charge in [0.05, 0.1) is 5.25 Å². The van der Waals surface area contributed by atoms with Crippen LogP contribution in [0.2, 0.25) is 5.02 Å². The summed E-state index contributed by atoms with van der Waals surface area (Å²) in [5.74, 6) is 0.252. The van der Waals surface area contributed by atoms with Gasteiger partial charge in [-0.1, -0.05) is 29.4 Å². The molecule has 0 spiro atoms. The number of hydrogen-bond donors (Lipinski definition) is 2. The first-order valence-corrected chi connectivity index (χ1v) is 9.27. The first-order chi connectivity index (χ1) is 12.5. The summed E-state index contributed by atoms with van der Waals surface area (Å²) in [6, 6.07) is 6.74. The highest BCUT2D eigenvalue weighted by Crippen LogP contribution is 2.27. The largest absolute Gasteiger partial charge is 0.338 e. The maximum absolute atomic E-state index is 12.1. The van der Waals surface area contributed by atoms with Gasteiger partial charge in [0, 0.05) is 23.7 Å². The number of nitrogens with one attached hydrogen (secondary N) is 2. The van der Waals surface area contributed by atoms with E-state index >= 15 is 0 Å². The van der Waals surface area contributed by atoms with Crippen LogP contribution in [0.3, 0.4) is 0 Å². The Kier molecular flexibility index (Phi) is 7.23. The number of amides is 3. The van der Waals surface area contributed by atoms with Gasteiger partial charge in [0.15, 0.2) is 11.0 Å². The lowest BCUT2D eigenvalue weighted by molar-refractivity contribution is -0.119. The SMILES string of the molecule is C=CCn1c(S[C@H](C)C(=O)NC(=O)NCC)nnc1-c1ccc(Cl)cc1. The number of halogens is 1. The van der Waals surface area contributed by atoms with E-state index < -0.39 is 17.2 Å². The average molecular weight is 394 g/mol. The number of allylic oxidation sites excluding steroid dienone is 1. The van der Waals surface area contributed by atoms with Crippen molar-refractivity contribution in [2.45, 2.75) is 30.8 Å². The fourth-order valence-corrected chi connectivity index (χ4v) is 3.10. The smallest absolute Gasteiger partial charge is 0.321 e. The van der Waals surface area contributed by atoms with Crippen LogP contribution in [-0.2, 0) is 11.3 Å². The minimum atomic E-state index is -0.525. The second kappa shape index (κ2) is 9.40. The number of aromatic nitrogens is 3. The fraction of sp³-hybridized carbons (Fsp3) is 0.294. The van der Waals surface area contributed by atoms with Crippen LogP contribution >= 0.6 is 23.4 Å². The van der Waals surface area contributed by atoms with Crippen LogP contribution in [0.15, 0.2) is 42.1 Å². The molecule has 1 heterocycles. The second-order valence-electron chi connectivity index (χ2n) is 5.32. The molecular formula is C17H20ClN5O2S. The number of nitrogens with zero attached hydrogens (tertiary/aromatic N) is 3. The summed E-state index contributed by atoms with van der Waals surface area (Å²) in [5, 5.41) is 13.9. The molecule has 0 aliphatic carbocycles. The van der Waals surface area contributed by atoms with Crippen LogP contribution in [-0.4, -0.2) is 38.5 Å². The number of thioether (sulfide) groups is 1. The highest BCUT2D eigenvalue weighted by molar-refractivity contribution is 8.00. The van der Waals surface area contributed by atoms with Crippen LogP contribution in [0.25, 0.3) is 11.4 Å². The molecule has 0 bridgehead atoms. The third-order valence-corrected chi connectivity index (χ3v) is 4.69. The molecule has 0 saturated carbocycles. The van der Waals surface area contributed by atoms with E-state index in [0.29, 0.717) is 29.1 Å². The Morgan fingerprint density at radius 3 is 2.65 bits per heavy atom. The van der Waals surface area contributed by atoms with Crippen molar-refractivity contribution in [1.82, 2.24) is 25.4 Å². The molecule has 9 heteroatoms. The minimum Gasteiger partial charge on any atom is -0.338 e. The van der Waals surface area contributed by atoms with Crippen LogP contribution in [0.1, 0.15) is 13.8 Å². The zero-order valence-corrected chi connectivity index (χ0v) is 16.1. The maximum Gasteiger partial charge on any atom is 0.321 e. The average Bonchev–Trinajstić information content (AvgIpc) is 2.98. The Bertz CT molecular complexity index is 791. The molecule has 1 aromatic heterocycles. The zero-order chi connectivity index (χ0) is 19.1. The van der Waals surface area contributed by atoms with E-state index in [1.54, 1.807) is 32.1 Å². The van der Waals surface area contributed by atoms with Gasteiger partial charge in [-0.2, -0.15) is 0 Å². The van der Waals surface area contributed by atoms with Gasteiger partial charge < -0.3 is 5.32 Å². The van der Waals surface area contributed by atoms with Gasteiger partial charge >= 0.3 is 6.03 Å². The minimum absolute atomic E-state index is 0.401. The van der Waals surface area contributed by atoms with Gasteiger partial charge in [0.1, 0.15) is 0 Å². The number of carbonyl (C=O) groups is 2. The van der Waals surface area contributed by atoms with Gasteiger partial charge in [0.25, 0.3) is 0 Å². The van der Waals surface area contributed by atoms with Crippen molar-refractivity contribution in [3.05, 3.63) is 41.9 Å². The maximum atomic E-state index is 12.1. The van der Waals surface area contributed by atoms with E-state index in [1.807, 2.05) is 16.7 Å². The van der Waals surface area contributed by atoms with Crippen molar-refractivity contribution in [2.75, 3.05) is 6.54 Å². The summed E-state index contributed by atoms with van der Waals surface area (Å²) in [7, 11) is 0. The van der Waals surface area contributed by atoms with Crippen molar-refractivity contribution >= 4 is 35.3 Å². The summed E-state index contributed by atoms with van der Waals surface area (Å²) in [5.41, 5.74) is 0.857. The molecule has 0 aliphatic rings. The lowest BCUT2D eigenvalue weighted by Crippen LogP contribution is -2.42. The third kappa shape index (κ3) is 5.09. The molecule has 0 fully saturated rings. The molecule has 7 nitrogen and oxygen atoms in total. The van der Waals surface area contributed by atoms with Crippen LogP contribution in [0, 0.1) is 0 Å². The van der Waals surface area contributed by atoms with Crippen molar-refractivity contribution in [1.29, 1.82) is 0 Å². The summed E-state index contributed by atoms with van der Waals surface area (Å²) in [6.07, 6.45) is 1.73. The Morgan fingerprint density at radius 1 is 1.35 bits per heavy atom. The van der Waals surface area contributed by atoms with E-state index in [2.05, 4.69) is 27.4 Å². The van der Waals surface area contributed by atoms with Gasteiger partial charge in [-0.05, 0) is 38.1 Å². The molecule has 0 aliphatic heterocycles. The summed E-state index contributed by atoms with van der Waals surface area (Å²) >= 11 is 7.15. The fourth-order valence-electron chi connectivity index (χ4n) is 2.11. The topological polar surface area (TPSA) is 88.9 Å². The highest BCUT2D eigenvalue weighted by atomic mass is 35.5. The van der Waals surface area contributed by atoms with Gasteiger partial charge in [-0.15, -0.1) is 16.8 Å². The highest BCUT2D eigenvalue weighted by Gasteiger charge is 2.21. The Balaban J connectivity index is 2.18. The first-order valence-electron chi connectivity index (χ1n) is 8.01. The zero-order valence-electron chi connectivity index (χ0n) is 14.5. The Labute approximate surface area is 161 Å². The molecule has 0 saturated heterocycles. The van der Waals surface area contributed by atoms with Crippen molar-refractivity contribution in [3.63, 3.8) is 0 Å². The molecule has 0 radical (unpaired) electrons. The molecular weight excluding hydrogens is 374 g/mol. The van der Waals surface area contributed by atoms with Crippen molar-refractivity contribution < 1.29 is 9.59 Å². The predicted octanol–water partition coefficient (Wildman–Crippen LogP) is 3.11. The van der Waals surface area contributed by atoms with E-state index in [1.165, 1.54) is 11.8 Å². The molecule has 2 rings (SSSR count). The Morgan fingerprint density at radius 2 is 2.04 bits per heavy atom. The molecule has 138 valence electrons. The summed E-state index contributed by atoms with van der Waals surface area (Å²) in [6.45, 7) is 8.17. The van der Waals surface area contributed by atoms with Gasteiger partial charge in [-0.3, -0.25) is 14.7 Å². The van der Waals surface area contributed by atoms with Crippen LogP contribution in [0.4, 0.5) is 4.79 Å². The normalized spacial score (nSPS) is 11.7. The molecule has 0 unspecified atom stereocenters. The number of urea groups is 1. The first kappa shape index (κ1) is 20.0. The lowest BCUT2D eigenvalue weighted by Gasteiger charge is -2.12. The van der Waals surface area contributed by atoms with E-state index in [9.17, 15) is 9.59 Å². The third-order valence-electron chi connectivity index (χ3n) is 3.36. The van der Waals surface area contributed by atoms with Gasteiger partial charge in [-0.25, -0.2) is 4.79 Å². The van der Waals surface area contributed by atoms with Crippen LogP contribution in [0.5, 0.6) is 0 Å². The van der Waals surface area contributed by atoms with Crippen LogP contribution < -0.4 is 10.6 Å². The Hall–Kier alpha value is -2.32. The summed E-state index contributed by atoms with van der Waals surface area (Å²) < 4.78 is 1.86. The van der Waals surface area contributed by atoms with Crippen molar-refractivity contribution in [3.8, 4) is 11.4 Å². The van der Waals surface area contributed by atoms with E-state index in [0.717, 1.165) is 5.56 Å². The molecule has 26 heavy (non-hydrogen) atoms. The number of carbonyl (C=O) groups excluding carboxylic acids is 2. The standard InChI is InChI=1S/C17H20ClN5O2S/c1-4-10-23-14(12-6-8-13(18)9-7-12)21-22-17(23)26-11(3)15(24)20-16(25)19-5-2/h4,6-9,11H,1,5,10H2,2-3H3,(H2,19,20,24,25)/t11-/m1/s1. The number of rotatable bonds is 7. The molecule has 1 aromatic carbocycles. The van der Waals surface area contributed by atoms with Crippen molar-refractivity contribution in [2.24, 2.45) is 0 Å². The molecule has 1 atom stereocenters. The second-order valence-corrected chi connectivity index (χ2v) is 7.07. The number of benzene rings is 1. The predicted molar refractivity (Wildman–Crippen MR) is 103 cm³/mol. The quantitative estimate of drug-likeness (QED) is 0.557. The lowest BCUT2D eigenvalue weighted by atomic mass is 10.2. The van der Waals surface area contributed by atoms with Gasteiger partial charge in [0.2, 0.25) is 5.91 Å². The van der Waals surface area contributed by atoms with E-state index in [4.69, 9.17) is 11.6 Å². The number of imide groups is 1. The molecule has 2 N–H and O–H groups in total. The summed E-state index contributed by atoms with van der Waals surface area (Å²) in [4.78, 5) is 23.6. The molecule has 2 aromatic rings. The molecule has 3 amide bonds.